The first-order chi connectivity index (χ1) is 24.8. The van der Waals surface area contributed by atoms with E-state index in [1.807, 2.05) is 30.6 Å². The number of aromatic nitrogens is 5. The molecular weight excluding hydrogens is 621 g/mol. The van der Waals surface area contributed by atoms with Gasteiger partial charge in [0.15, 0.2) is 11.6 Å². The summed E-state index contributed by atoms with van der Waals surface area (Å²) in [6.45, 7) is 13.5. The normalized spacial score (nSPS) is 11.3. The van der Waals surface area contributed by atoms with Gasteiger partial charge in [-0.05, 0) is 77.9 Å². The first kappa shape index (κ1) is 32.2. The van der Waals surface area contributed by atoms with Crippen LogP contribution >= 0.6 is 0 Å². The van der Waals surface area contributed by atoms with Crippen LogP contribution in [0.3, 0.4) is 0 Å². The van der Waals surface area contributed by atoms with Gasteiger partial charge in [-0.3, -0.25) is 9.13 Å². The number of benzene rings is 6. The molecule has 2 heterocycles. The Morgan fingerprint density at radius 2 is 1.08 bits per heavy atom. The van der Waals surface area contributed by atoms with E-state index < -0.39 is 0 Å². The van der Waals surface area contributed by atoms with E-state index in [1.54, 1.807) is 0 Å². The van der Waals surface area contributed by atoms with Crippen LogP contribution in [0.15, 0.2) is 134 Å². The number of imidazole rings is 1. The highest BCUT2D eigenvalue weighted by Gasteiger charge is 2.29. The Morgan fingerprint density at radius 3 is 1.73 bits per heavy atom. The summed E-state index contributed by atoms with van der Waals surface area (Å²) in [5.41, 5.74) is 17.8. The van der Waals surface area contributed by atoms with E-state index in [9.17, 15) is 0 Å². The van der Waals surface area contributed by atoms with Gasteiger partial charge in [-0.15, -0.1) is 10.2 Å². The summed E-state index contributed by atoms with van der Waals surface area (Å²) in [5, 5.41) is 9.76. The van der Waals surface area contributed by atoms with Crippen molar-refractivity contribution < 1.29 is 0 Å². The lowest BCUT2D eigenvalue weighted by Crippen LogP contribution is -2.55. The maximum Gasteiger partial charge on any atom is 0.242 e. The van der Waals surface area contributed by atoms with Crippen molar-refractivity contribution >= 4 is 34.1 Å². The maximum absolute atomic E-state index is 4.88. The second-order valence-electron chi connectivity index (χ2n) is 13.8. The van der Waals surface area contributed by atoms with Gasteiger partial charge < -0.3 is 0 Å². The van der Waals surface area contributed by atoms with E-state index in [1.165, 1.54) is 49.8 Å². The number of para-hydroxylation sites is 4. The molecule has 51 heavy (non-hydrogen) atoms. The third-order valence-corrected chi connectivity index (χ3v) is 10.1. The average Bonchev–Trinajstić information content (AvgIpc) is 3.76. The number of fused-ring (bicyclic) bond motifs is 1. The molecular formula is C45H40BN5. The highest BCUT2D eigenvalue weighted by atomic mass is 15.3. The molecule has 6 aromatic carbocycles. The van der Waals surface area contributed by atoms with Crippen LogP contribution in [0.5, 0.6) is 0 Å². The van der Waals surface area contributed by atoms with Gasteiger partial charge in [0.1, 0.15) is 6.33 Å². The summed E-state index contributed by atoms with van der Waals surface area (Å²) in [4.78, 5) is 4.68. The quantitative estimate of drug-likeness (QED) is 0.162. The van der Waals surface area contributed by atoms with Gasteiger partial charge in [0.25, 0.3) is 0 Å². The zero-order chi connectivity index (χ0) is 35.2. The summed E-state index contributed by atoms with van der Waals surface area (Å²) < 4.78 is 4.31. The van der Waals surface area contributed by atoms with E-state index in [0.717, 1.165) is 45.2 Å². The van der Waals surface area contributed by atoms with Gasteiger partial charge in [-0.1, -0.05) is 141 Å². The van der Waals surface area contributed by atoms with Crippen LogP contribution in [0, 0.1) is 41.5 Å². The van der Waals surface area contributed by atoms with Crippen LogP contribution < -0.4 is 16.4 Å². The molecule has 0 atom stereocenters. The maximum atomic E-state index is 4.88. The molecule has 8 aromatic rings. The fourth-order valence-electron chi connectivity index (χ4n) is 8.09. The molecule has 0 spiro atoms. The first-order valence-electron chi connectivity index (χ1n) is 17.6. The van der Waals surface area contributed by atoms with Gasteiger partial charge in [0.2, 0.25) is 6.71 Å². The van der Waals surface area contributed by atoms with Crippen molar-refractivity contribution in [3.63, 3.8) is 0 Å². The lowest BCUT2D eigenvalue weighted by Gasteiger charge is -2.24. The number of nitrogens with zero attached hydrogens (tertiary/aromatic N) is 5. The Labute approximate surface area is 300 Å². The SMILES string of the molecule is Cc1cc(C)c(B(c2ccc(-c3nnc(-c4ccccc4-n4cnc5ccccc54)n3-c3ccccc3)cc2)c2c(C)cc(C)cc2C)c(C)c1. The van der Waals surface area contributed by atoms with Crippen molar-refractivity contribution in [2.75, 3.05) is 0 Å². The van der Waals surface area contributed by atoms with Crippen molar-refractivity contribution in [2.24, 2.45) is 0 Å². The largest absolute Gasteiger partial charge is 0.298 e. The van der Waals surface area contributed by atoms with E-state index in [0.29, 0.717) is 0 Å². The fraction of sp³-hybridized carbons (Fsp3) is 0.133. The van der Waals surface area contributed by atoms with E-state index in [4.69, 9.17) is 10.2 Å². The van der Waals surface area contributed by atoms with Crippen molar-refractivity contribution in [3.05, 3.63) is 167 Å². The first-order valence-corrected chi connectivity index (χ1v) is 17.6. The van der Waals surface area contributed by atoms with Gasteiger partial charge in [0, 0.05) is 16.8 Å². The average molecular weight is 662 g/mol. The van der Waals surface area contributed by atoms with Crippen LogP contribution in [0.4, 0.5) is 0 Å². The summed E-state index contributed by atoms with van der Waals surface area (Å²) >= 11 is 0. The van der Waals surface area contributed by atoms with Crippen molar-refractivity contribution in [1.29, 1.82) is 0 Å². The summed E-state index contributed by atoms with van der Waals surface area (Å²) in [6.07, 6.45) is 1.89. The van der Waals surface area contributed by atoms with Crippen molar-refractivity contribution in [2.45, 2.75) is 41.5 Å². The third kappa shape index (κ3) is 5.77. The minimum atomic E-state index is 0.0969. The molecule has 6 heteroatoms. The molecule has 0 amide bonds. The zero-order valence-corrected chi connectivity index (χ0v) is 30.0. The molecule has 0 saturated carbocycles. The van der Waals surface area contributed by atoms with Crippen molar-refractivity contribution in [3.8, 4) is 34.2 Å². The topological polar surface area (TPSA) is 48.5 Å². The summed E-state index contributed by atoms with van der Waals surface area (Å²) in [6, 6.07) is 45.2. The third-order valence-electron chi connectivity index (χ3n) is 10.1. The second-order valence-corrected chi connectivity index (χ2v) is 13.8. The number of hydrogen-bond acceptors (Lipinski definition) is 3. The van der Waals surface area contributed by atoms with Gasteiger partial charge in [0.05, 0.1) is 16.7 Å². The van der Waals surface area contributed by atoms with E-state index >= 15 is 0 Å². The lowest BCUT2D eigenvalue weighted by atomic mass is 9.34. The minimum absolute atomic E-state index is 0.0969. The lowest BCUT2D eigenvalue weighted by molar-refractivity contribution is 1.05. The molecule has 0 fully saturated rings. The molecule has 0 radical (unpaired) electrons. The Balaban J connectivity index is 1.29. The van der Waals surface area contributed by atoms with E-state index in [-0.39, 0.29) is 6.71 Å². The summed E-state index contributed by atoms with van der Waals surface area (Å²) in [7, 11) is 0. The van der Waals surface area contributed by atoms with E-state index in [2.05, 4.69) is 159 Å². The molecule has 0 unspecified atom stereocenters. The molecule has 0 aliphatic carbocycles. The number of hydrogen-bond donors (Lipinski definition) is 0. The minimum Gasteiger partial charge on any atom is -0.298 e. The van der Waals surface area contributed by atoms with Gasteiger partial charge in [-0.2, -0.15) is 0 Å². The fourth-order valence-corrected chi connectivity index (χ4v) is 8.09. The Bertz CT molecular complexity index is 2440. The van der Waals surface area contributed by atoms with Gasteiger partial charge in [-0.25, -0.2) is 4.98 Å². The number of aryl methyl sites for hydroxylation is 6. The predicted octanol–water partition coefficient (Wildman–Crippen LogP) is 8.31. The van der Waals surface area contributed by atoms with Crippen LogP contribution in [0.2, 0.25) is 0 Å². The van der Waals surface area contributed by atoms with Gasteiger partial charge >= 0.3 is 0 Å². The molecule has 2 aromatic heterocycles. The summed E-state index contributed by atoms with van der Waals surface area (Å²) in [5.74, 6) is 1.55. The Kier molecular flexibility index (Phi) is 8.23. The van der Waals surface area contributed by atoms with Crippen molar-refractivity contribution in [1.82, 2.24) is 24.3 Å². The Hall–Kier alpha value is -6.01. The molecule has 0 aliphatic heterocycles. The highest BCUT2D eigenvalue weighted by molar-refractivity contribution is 6.96. The predicted molar refractivity (Wildman–Crippen MR) is 213 cm³/mol. The molecule has 8 rings (SSSR count). The second kappa shape index (κ2) is 13.0. The van der Waals surface area contributed by atoms with Crippen LogP contribution in [-0.4, -0.2) is 31.0 Å². The van der Waals surface area contributed by atoms with Crippen LogP contribution in [-0.2, 0) is 0 Å². The monoisotopic (exact) mass is 661 g/mol. The smallest absolute Gasteiger partial charge is 0.242 e. The molecule has 0 saturated heterocycles. The molecule has 0 aliphatic rings. The molecule has 5 nitrogen and oxygen atoms in total. The molecule has 248 valence electrons. The standard InChI is InChI=1S/C45H40BN5/c1-29-24-31(3)42(32(4)25-29)46(43-33(5)26-30(2)27-34(43)6)36-22-20-35(21-23-36)44-48-49-45(51(44)37-14-8-7-9-15-37)38-16-10-12-18-40(38)50-28-47-39-17-11-13-19-41(39)50/h7-28H,1-6H3. The molecule has 0 bridgehead atoms. The Morgan fingerprint density at radius 1 is 0.529 bits per heavy atom. The van der Waals surface area contributed by atoms with Crippen LogP contribution in [0.25, 0.3) is 45.2 Å². The zero-order valence-electron chi connectivity index (χ0n) is 30.0. The van der Waals surface area contributed by atoms with Crippen LogP contribution in [0.1, 0.15) is 33.4 Å². The number of rotatable bonds is 7. The molecule has 0 N–H and O–H groups in total. The highest BCUT2D eigenvalue weighted by Crippen LogP contribution is 2.33.